The van der Waals surface area contributed by atoms with Gasteiger partial charge in [-0.25, -0.2) is 0 Å². The fourth-order valence-corrected chi connectivity index (χ4v) is 4.27. The van der Waals surface area contributed by atoms with Crippen molar-refractivity contribution in [3.63, 3.8) is 0 Å². The van der Waals surface area contributed by atoms with E-state index in [9.17, 15) is 0 Å². The van der Waals surface area contributed by atoms with E-state index in [0.29, 0.717) is 0 Å². The number of rotatable bonds is 5. The summed E-state index contributed by atoms with van der Waals surface area (Å²) in [6.45, 7) is 6.29. The van der Waals surface area contributed by atoms with Gasteiger partial charge in [0.15, 0.2) is 0 Å². The quantitative estimate of drug-likeness (QED) is 0.818. The lowest BCUT2D eigenvalue weighted by Gasteiger charge is -2.45. The van der Waals surface area contributed by atoms with Crippen LogP contribution in [0.25, 0.3) is 0 Å². The smallest absolute Gasteiger partial charge is 0.0249 e. The SMILES string of the molecule is CCCCN1CC(C2CC2)NCC1C1CCCCC1. The summed E-state index contributed by atoms with van der Waals surface area (Å²) in [4.78, 5) is 2.87. The summed E-state index contributed by atoms with van der Waals surface area (Å²) < 4.78 is 0. The van der Waals surface area contributed by atoms with Crippen molar-refractivity contribution in [2.24, 2.45) is 11.8 Å². The molecule has 0 aromatic rings. The van der Waals surface area contributed by atoms with E-state index in [1.54, 1.807) is 0 Å². The molecule has 0 amide bonds. The molecular weight excluding hydrogens is 232 g/mol. The van der Waals surface area contributed by atoms with Crippen molar-refractivity contribution >= 4 is 0 Å². The van der Waals surface area contributed by atoms with Crippen LogP contribution in [-0.4, -0.2) is 36.6 Å². The minimum Gasteiger partial charge on any atom is -0.311 e. The van der Waals surface area contributed by atoms with Gasteiger partial charge in [0.05, 0.1) is 0 Å². The van der Waals surface area contributed by atoms with Crippen molar-refractivity contribution in [3.05, 3.63) is 0 Å². The van der Waals surface area contributed by atoms with Gasteiger partial charge in [0, 0.05) is 25.2 Å². The lowest BCUT2D eigenvalue weighted by atomic mass is 9.82. The topological polar surface area (TPSA) is 15.3 Å². The van der Waals surface area contributed by atoms with Gasteiger partial charge in [0.2, 0.25) is 0 Å². The largest absolute Gasteiger partial charge is 0.311 e. The van der Waals surface area contributed by atoms with Gasteiger partial charge in [-0.3, -0.25) is 4.90 Å². The summed E-state index contributed by atoms with van der Waals surface area (Å²) in [5, 5.41) is 3.89. The molecule has 3 aliphatic rings. The van der Waals surface area contributed by atoms with Crippen molar-refractivity contribution < 1.29 is 0 Å². The molecule has 1 aliphatic heterocycles. The van der Waals surface area contributed by atoms with Crippen molar-refractivity contribution in [2.75, 3.05) is 19.6 Å². The van der Waals surface area contributed by atoms with Crippen LogP contribution in [0.1, 0.15) is 64.7 Å². The zero-order chi connectivity index (χ0) is 13.1. The van der Waals surface area contributed by atoms with Crippen LogP contribution in [0, 0.1) is 11.8 Å². The van der Waals surface area contributed by atoms with Crippen molar-refractivity contribution in [2.45, 2.75) is 76.8 Å². The summed E-state index contributed by atoms with van der Waals surface area (Å²) in [5.74, 6) is 2.00. The van der Waals surface area contributed by atoms with Gasteiger partial charge in [0.1, 0.15) is 0 Å². The predicted molar refractivity (Wildman–Crippen MR) is 81.4 cm³/mol. The fraction of sp³-hybridized carbons (Fsp3) is 1.00. The van der Waals surface area contributed by atoms with Crippen LogP contribution in [0.3, 0.4) is 0 Å². The fourth-order valence-electron chi connectivity index (χ4n) is 4.27. The Morgan fingerprint density at radius 3 is 2.47 bits per heavy atom. The Balaban J connectivity index is 1.59. The normalized spacial score (nSPS) is 34.6. The first-order chi connectivity index (χ1) is 9.38. The number of hydrogen-bond acceptors (Lipinski definition) is 2. The molecule has 0 aromatic carbocycles. The molecule has 19 heavy (non-hydrogen) atoms. The molecule has 2 aliphatic carbocycles. The molecule has 0 radical (unpaired) electrons. The molecule has 0 spiro atoms. The van der Waals surface area contributed by atoms with Gasteiger partial charge in [0.25, 0.3) is 0 Å². The molecule has 2 atom stereocenters. The van der Waals surface area contributed by atoms with E-state index in [2.05, 4.69) is 17.1 Å². The van der Waals surface area contributed by atoms with Crippen LogP contribution >= 0.6 is 0 Å². The Kier molecular flexibility index (Phi) is 4.81. The summed E-state index contributed by atoms with van der Waals surface area (Å²) in [6, 6.07) is 1.67. The van der Waals surface area contributed by atoms with Crippen LogP contribution in [-0.2, 0) is 0 Å². The molecule has 2 heteroatoms. The highest BCUT2D eigenvalue weighted by molar-refractivity contribution is 4.96. The van der Waals surface area contributed by atoms with Crippen molar-refractivity contribution in [1.82, 2.24) is 10.2 Å². The van der Waals surface area contributed by atoms with E-state index >= 15 is 0 Å². The first-order valence-electron chi connectivity index (χ1n) is 8.86. The minimum absolute atomic E-state index is 0.816. The van der Waals surface area contributed by atoms with Crippen LogP contribution < -0.4 is 5.32 Å². The van der Waals surface area contributed by atoms with E-state index in [0.717, 1.165) is 23.9 Å². The zero-order valence-corrected chi connectivity index (χ0v) is 12.7. The number of unbranched alkanes of at least 4 members (excludes halogenated alkanes) is 1. The lowest BCUT2D eigenvalue weighted by molar-refractivity contribution is 0.0659. The Hall–Kier alpha value is -0.0800. The molecule has 1 N–H and O–H groups in total. The highest BCUT2D eigenvalue weighted by atomic mass is 15.2. The summed E-state index contributed by atoms with van der Waals surface area (Å²) in [6.07, 6.45) is 13.1. The number of nitrogens with one attached hydrogen (secondary N) is 1. The maximum atomic E-state index is 3.89. The summed E-state index contributed by atoms with van der Waals surface area (Å²) in [7, 11) is 0. The van der Waals surface area contributed by atoms with Gasteiger partial charge in [-0.1, -0.05) is 32.6 Å². The molecule has 2 nitrogen and oxygen atoms in total. The zero-order valence-electron chi connectivity index (χ0n) is 12.7. The van der Waals surface area contributed by atoms with Crippen LogP contribution in [0.15, 0.2) is 0 Å². The molecule has 1 saturated heterocycles. The molecular formula is C17H32N2. The first-order valence-corrected chi connectivity index (χ1v) is 8.86. The Morgan fingerprint density at radius 2 is 1.79 bits per heavy atom. The molecule has 2 saturated carbocycles. The Morgan fingerprint density at radius 1 is 1.00 bits per heavy atom. The van der Waals surface area contributed by atoms with Gasteiger partial charge in [-0.15, -0.1) is 0 Å². The van der Waals surface area contributed by atoms with E-state index < -0.39 is 0 Å². The maximum absolute atomic E-state index is 3.89. The van der Waals surface area contributed by atoms with Gasteiger partial charge in [-0.05, 0) is 50.5 Å². The first kappa shape index (κ1) is 13.9. The predicted octanol–water partition coefficient (Wildman–Crippen LogP) is 3.42. The second kappa shape index (κ2) is 6.58. The molecule has 3 fully saturated rings. The molecule has 110 valence electrons. The minimum atomic E-state index is 0.816. The lowest BCUT2D eigenvalue weighted by Crippen LogP contribution is -2.59. The second-order valence-electron chi connectivity index (χ2n) is 7.17. The third-order valence-corrected chi connectivity index (χ3v) is 5.67. The molecule has 1 heterocycles. The van der Waals surface area contributed by atoms with Crippen molar-refractivity contribution in [1.29, 1.82) is 0 Å². The standard InChI is InChI=1S/C17H32N2/c1-2-3-11-19-13-16(14-9-10-14)18-12-17(19)15-7-5-4-6-8-15/h14-18H,2-13H2,1H3. The molecule has 0 bridgehead atoms. The van der Waals surface area contributed by atoms with Gasteiger partial charge >= 0.3 is 0 Å². The van der Waals surface area contributed by atoms with Gasteiger partial charge in [-0.2, -0.15) is 0 Å². The van der Waals surface area contributed by atoms with E-state index in [1.165, 1.54) is 77.4 Å². The molecule has 0 aromatic heterocycles. The van der Waals surface area contributed by atoms with E-state index in [-0.39, 0.29) is 0 Å². The summed E-state index contributed by atoms with van der Waals surface area (Å²) >= 11 is 0. The third-order valence-electron chi connectivity index (χ3n) is 5.67. The number of nitrogens with zero attached hydrogens (tertiary/aromatic N) is 1. The van der Waals surface area contributed by atoms with Crippen molar-refractivity contribution in [3.8, 4) is 0 Å². The average molecular weight is 264 g/mol. The highest BCUT2D eigenvalue weighted by Crippen LogP contribution is 2.36. The number of hydrogen-bond donors (Lipinski definition) is 1. The van der Waals surface area contributed by atoms with Crippen LogP contribution in [0.5, 0.6) is 0 Å². The van der Waals surface area contributed by atoms with Gasteiger partial charge < -0.3 is 5.32 Å². The number of piperazine rings is 1. The molecule has 2 unspecified atom stereocenters. The van der Waals surface area contributed by atoms with Crippen LogP contribution in [0.4, 0.5) is 0 Å². The monoisotopic (exact) mass is 264 g/mol. The Labute approximate surface area is 119 Å². The van der Waals surface area contributed by atoms with Crippen LogP contribution in [0.2, 0.25) is 0 Å². The third kappa shape index (κ3) is 3.52. The second-order valence-corrected chi connectivity index (χ2v) is 7.17. The van der Waals surface area contributed by atoms with E-state index in [4.69, 9.17) is 0 Å². The maximum Gasteiger partial charge on any atom is 0.0249 e. The summed E-state index contributed by atoms with van der Waals surface area (Å²) in [5.41, 5.74) is 0. The van der Waals surface area contributed by atoms with E-state index in [1.807, 2.05) is 0 Å². The molecule has 3 rings (SSSR count). The Bertz CT molecular complexity index is 268. The average Bonchev–Trinajstić information content (AvgIpc) is 3.30. The highest BCUT2D eigenvalue weighted by Gasteiger charge is 2.39.